The van der Waals surface area contributed by atoms with Gasteiger partial charge in [0.25, 0.3) is 0 Å². The van der Waals surface area contributed by atoms with E-state index in [1.165, 1.54) is 25.7 Å². The summed E-state index contributed by atoms with van der Waals surface area (Å²) in [7, 11) is 0. The highest BCUT2D eigenvalue weighted by molar-refractivity contribution is 5.91. The average Bonchev–Trinajstić information content (AvgIpc) is 2.54. The van der Waals surface area contributed by atoms with Crippen molar-refractivity contribution in [2.45, 2.75) is 71.5 Å². The smallest absolute Gasteiger partial charge is 0.171 e. The van der Waals surface area contributed by atoms with Crippen LogP contribution in [-0.4, -0.2) is 41.5 Å². The van der Waals surface area contributed by atoms with Gasteiger partial charge in [-0.05, 0) is 66.0 Å². The Bertz CT molecular complexity index is 362. The van der Waals surface area contributed by atoms with E-state index in [-0.39, 0.29) is 17.3 Å². The second-order valence-corrected chi connectivity index (χ2v) is 7.64. The van der Waals surface area contributed by atoms with E-state index in [0.717, 1.165) is 25.6 Å². The van der Waals surface area contributed by atoms with Crippen LogP contribution in [0.3, 0.4) is 0 Å². The van der Waals surface area contributed by atoms with Crippen LogP contribution in [0.5, 0.6) is 0 Å². The number of carbonyl (C=O) groups is 1. The number of Topliss-reactive ketones (excluding diaryl/α,β-unsaturated/α-hetero) is 1. The highest BCUT2D eigenvalue weighted by Gasteiger charge is 2.53. The van der Waals surface area contributed by atoms with Gasteiger partial charge in [0.1, 0.15) is 5.60 Å². The molecule has 0 saturated carbocycles. The van der Waals surface area contributed by atoms with Crippen molar-refractivity contribution in [1.82, 2.24) is 4.90 Å². The van der Waals surface area contributed by atoms with Gasteiger partial charge in [-0.3, -0.25) is 4.79 Å². The van der Waals surface area contributed by atoms with Crippen molar-refractivity contribution in [1.29, 1.82) is 0 Å². The van der Waals surface area contributed by atoms with Crippen LogP contribution >= 0.6 is 0 Å². The van der Waals surface area contributed by atoms with Gasteiger partial charge in [-0.25, -0.2) is 0 Å². The van der Waals surface area contributed by atoms with E-state index in [9.17, 15) is 4.79 Å². The molecule has 2 fully saturated rings. The molecule has 0 aliphatic carbocycles. The lowest BCUT2D eigenvalue weighted by atomic mass is 9.85. The molecule has 0 aromatic rings. The summed E-state index contributed by atoms with van der Waals surface area (Å²) >= 11 is 0. The molecule has 2 rings (SSSR count). The molecule has 3 nitrogen and oxygen atoms in total. The SMILES string of the molecule is CCC1CCCN(CC2C(=O)C(C)(C)OC2(C)C)CC1. The van der Waals surface area contributed by atoms with E-state index in [1.807, 2.05) is 13.8 Å². The molecule has 2 aliphatic rings. The molecule has 2 heterocycles. The van der Waals surface area contributed by atoms with Gasteiger partial charge in [0, 0.05) is 6.54 Å². The lowest BCUT2D eigenvalue weighted by Crippen LogP contribution is -2.41. The minimum absolute atomic E-state index is 0.00989. The van der Waals surface area contributed by atoms with Crippen LogP contribution in [0.1, 0.15) is 60.3 Å². The lowest BCUT2D eigenvalue weighted by molar-refractivity contribution is -0.132. The minimum Gasteiger partial charge on any atom is -0.361 e. The molecule has 0 aromatic heterocycles. The molecule has 116 valence electrons. The van der Waals surface area contributed by atoms with Crippen LogP contribution < -0.4 is 0 Å². The number of ketones is 1. The van der Waals surface area contributed by atoms with Gasteiger partial charge in [0.05, 0.1) is 11.5 Å². The molecular weight excluding hydrogens is 250 g/mol. The molecule has 20 heavy (non-hydrogen) atoms. The molecule has 0 spiro atoms. The lowest BCUT2D eigenvalue weighted by Gasteiger charge is -2.30. The molecule has 2 unspecified atom stereocenters. The van der Waals surface area contributed by atoms with Crippen molar-refractivity contribution in [2.75, 3.05) is 19.6 Å². The minimum atomic E-state index is -0.619. The zero-order chi connectivity index (χ0) is 15.0. The van der Waals surface area contributed by atoms with Crippen molar-refractivity contribution in [2.24, 2.45) is 11.8 Å². The summed E-state index contributed by atoms with van der Waals surface area (Å²) in [5, 5.41) is 0. The number of carbonyl (C=O) groups excluding carboxylic acids is 1. The molecule has 0 aromatic carbocycles. The van der Waals surface area contributed by atoms with E-state index in [1.54, 1.807) is 0 Å². The van der Waals surface area contributed by atoms with Gasteiger partial charge in [-0.15, -0.1) is 0 Å². The molecule has 0 N–H and O–H groups in total. The van der Waals surface area contributed by atoms with Gasteiger partial charge in [0.15, 0.2) is 5.78 Å². The third kappa shape index (κ3) is 3.25. The molecule has 2 atom stereocenters. The fourth-order valence-electron chi connectivity index (χ4n) is 3.89. The van der Waals surface area contributed by atoms with Crippen molar-refractivity contribution in [3.63, 3.8) is 0 Å². The molecule has 2 saturated heterocycles. The summed E-state index contributed by atoms with van der Waals surface area (Å²) in [6.07, 6.45) is 5.18. The molecular formula is C17H31NO2. The fourth-order valence-corrected chi connectivity index (χ4v) is 3.89. The first kappa shape index (κ1) is 16.0. The largest absolute Gasteiger partial charge is 0.361 e. The van der Waals surface area contributed by atoms with E-state index >= 15 is 0 Å². The molecule has 2 aliphatic heterocycles. The van der Waals surface area contributed by atoms with Gasteiger partial charge in [0.2, 0.25) is 0 Å². The summed E-state index contributed by atoms with van der Waals surface area (Å²) in [6, 6.07) is 0. The Balaban J connectivity index is 2.00. The predicted octanol–water partition coefficient (Wildman–Crippen LogP) is 3.27. The van der Waals surface area contributed by atoms with Crippen LogP contribution in [0, 0.1) is 11.8 Å². The van der Waals surface area contributed by atoms with E-state index in [4.69, 9.17) is 4.74 Å². The number of hydrogen-bond acceptors (Lipinski definition) is 3. The highest BCUT2D eigenvalue weighted by Crippen LogP contribution is 2.39. The Morgan fingerprint density at radius 3 is 2.45 bits per heavy atom. The average molecular weight is 281 g/mol. The normalized spacial score (nSPS) is 34.1. The molecule has 0 amide bonds. The van der Waals surface area contributed by atoms with Crippen molar-refractivity contribution >= 4 is 5.78 Å². The van der Waals surface area contributed by atoms with Crippen molar-refractivity contribution in [3.8, 4) is 0 Å². The first-order chi connectivity index (χ1) is 9.26. The maximum absolute atomic E-state index is 12.6. The Kier molecular flexibility index (Phi) is 4.60. The summed E-state index contributed by atoms with van der Waals surface area (Å²) in [5.74, 6) is 1.16. The molecule has 0 bridgehead atoms. The Hall–Kier alpha value is -0.410. The van der Waals surface area contributed by atoms with Gasteiger partial charge in [-0.2, -0.15) is 0 Å². The van der Waals surface area contributed by atoms with Crippen LogP contribution in [0.25, 0.3) is 0 Å². The van der Waals surface area contributed by atoms with Gasteiger partial charge < -0.3 is 9.64 Å². The summed E-state index contributed by atoms with van der Waals surface area (Å²) in [5.41, 5.74) is -0.955. The Morgan fingerprint density at radius 1 is 1.20 bits per heavy atom. The van der Waals surface area contributed by atoms with Crippen molar-refractivity contribution in [3.05, 3.63) is 0 Å². The number of hydrogen-bond donors (Lipinski definition) is 0. The van der Waals surface area contributed by atoms with Gasteiger partial charge in [-0.1, -0.05) is 13.3 Å². The van der Waals surface area contributed by atoms with E-state index < -0.39 is 5.60 Å². The van der Waals surface area contributed by atoms with E-state index in [2.05, 4.69) is 25.7 Å². The fraction of sp³-hybridized carbons (Fsp3) is 0.941. The first-order valence-electron chi connectivity index (χ1n) is 8.23. The summed E-state index contributed by atoms with van der Waals surface area (Å²) in [6.45, 7) is 13.4. The predicted molar refractivity (Wildman–Crippen MR) is 81.8 cm³/mol. The van der Waals surface area contributed by atoms with Crippen LogP contribution in [0.4, 0.5) is 0 Å². The maximum Gasteiger partial charge on any atom is 0.171 e. The summed E-state index contributed by atoms with van der Waals surface area (Å²) in [4.78, 5) is 15.1. The topological polar surface area (TPSA) is 29.5 Å². The number of rotatable bonds is 3. The third-order valence-corrected chi connectivity index (χ3v) is 5.23. The zero-order valence-corrected chi connectivity index (χ0v) is 13.9. The third-order valence-electron chi connectivity index (χ3n) is 5.23. The standard InChI is InChI=1S/C17H31NO2/c1-6-13-8-7-10-18(11-9-13)12-14-15(19)17(4,5)20-16(14,2)3/h13-14H,6-12H2,1-5H3. The number of nitrogens with zero attached hydrogens (tertiary/aromatic N) is 1. The Morgan fingerprint density at radius 2 is 1.90 bits per heavy atom. The maximum atomic E-state index is 12.6. The molecule has 0 radical (unpaired) electrons. The Labute approximate surface area is 124 Å². The highest BCUT2D eigenvalue weighted by atomic mass is 16.5. The quantitative estimate of drug-likeness (QED) is 0.795. The molecule has 3 heteroatoms. The number of likely N-dealkylation sites (tertiary alicyclic amines) is 1. The van der Waals surface area contributed by atoms with Crippen LogP contribution in [-0.2, 0) is 9.53 Å². The monoisotopic (exact) mass is 281 g/mol. The zero-order valence-electron chi connectivity index (χ0n) is 13.9. The first-order valence-corrected chi connectivity index (χ1v) is 8.23. The van der Waals surface area contributed by atoms with E-state index in [0.29, 0.717) is 0 Å². The second-order valence-electron chi connectivity index (χ2n) is 7.64. The van der Waals surface area contributed by atoms with Crippen molar-refractivity contribution < 1.29 is 9.53 Å². The second kappa shape index (κ2) is 5.76. The summed E-state index contributed by atoms with van der Waals surface area (Å²) < 4.78 is 6.00. The van der Waals surface area contributed by atoms with Crippen LogP contribution in [0.2, 0.25) is 0 Å². The number of ether oxygens (including phenoxy) is 1. The van der Waals surface area contributed by atoms with Crippen LogP contribution in [0.15, 0.2) is 0 Å². The van der Waals surface area contributed by atoms with Gasteiger partial charge >= 0.3 is 0 Å².